The minimum atomic E-state index is 0.640. The molecule has 0 saturated carbocycles. The molecule has 1 aliphatic heterocycles. The molecule has 0 fully saturated rings. The predicted octanol–water partition coefficient (Wildman–Crippen LogP) is 12.8. The molecule has 1 aliphatic rings. The highest BCUT2D eigenvalue weighted by atomic mass is 15.4. The third-order valence-corrected chi connectivity index (χ3v) is 9.07. The van der Waals surface area contributed by atoms with E-state index in [2.05, 4.69) is 43.0 Å². The molecule has 39 heavy (non-hydrogen) atoms. The van der Waals surface area contributed by atoms with E-state index < -0.39 is 0 Å². The van der Waals surface area contributed by atoms with Crippen molar-refractivity contribution in [2.75, 3.05) is 13.1 Å². The van der Waals surface area contributed by atoms with Gasteiger partial charge in [0.05, 0.1) is 0 Å². The van der Waals surface area contributed by atoms with Crippen molar-refractivity contribution in [2.45, 2.75) is 213 Å². The summed E-state index contributed by atoms with van der Waals surface area (Å²) in [5, 5.41) is 0. The summed E-state index contributed by atoms with van der Waals surface area (Å²) in [6, 6.07) is 0. The van der Waals surface area contributed by atoms with Crippen LogP contribution in [0.5, 0.6) is 0 Å². The first-order chi connectivity index (χ1) is 19.3. The Balaban J connectivity index is 2.06. The molecule has 0 aromatic carbocycles. The second-order valence-electron chi connectivity index (χ2n) is 12.9. The molecule has 0 spiro atoms. The van der Waals surface area contributed by atoms with Crippen LogP contribution in [0.25, 0.3) is 0 Å². The summed E-state index contributed by atoms with van der Waals surface area (Å²) in [5.74, 6) is 0. The Hall–Kier alpha value is -0.660. The summed E-state index contributed by atoms with van der Waals surface area (Å²) in [7, 11) is 0. The summed E-state index contributed by atoms with van der Waals surface area (Å²) in [6.07, 6.45) is 47.0. The van der Waals surface area contributed by atoms with Crippen LogP contribution in [-0.2, 0) is 0 Å². The second-order valence-corrected chi connectivity index (χ2v) is 12.9. The highest BCUT2D eigenvalue weighted by Crippen LogP contribution is 2.23. The predicted molar refractivity (Wildman–Crippen MR) is 177 cm³/mol. The normalized spacial score (nSPS) is 15.2. The van der Waals surface area contributed by atoms with Crippen LogP contribution in [0.3, 0.4) is 0 Å². The van der Waals surface area contributed by atoms with Crippen molar-refractivity contribution in [2.24, 2.45) is 0 Å². The van der Waals surface area contributed by atoms with Crippen molar-refractivity contribution in [3.8, 4) is 0 Å². The summed E-state index contributed by atoms with van der Waals surface area (Å²) >= 11 is 0. The van der Waals surface area contributed by atoms with Gasteiger partial charge >= 0.3 is 0 Å². The summed E-state index contributed by atoms with van der Waals surface area (Å²) in [4.78, 5) is 5.38. The van der Waals surface area contributed by atoms with Crippen LogP contribution in [-0.4, -0.2) is 29.1 Å². The van der Waals surface area contributed by atoms with Crippen molar-refractivity contribution in [3.05, 3.63) is 12.4 Å². The highest BCUT2D eigenvalue weighted by Gasteiger charge is 2.24. The van der Waals surface area contributed by atoms with Gasteiger partial charge in [-0.15, -0.1) is 0 Å². The minimum Gasteiger partial charge on any atom is -0.356 e. The average molecular weight is 547 g/mol. The van der Waals surface area contributed by atoms with Crippen molar-refractivity contribution < 1.29 is 0 Å². The van der Waals surface area contributed by atoms with Crippen LogP contribution in [0.4, 0.5) is 0 Å². The molecule has 1 rings (SSSR count). The topological polar surface area (TPSA) is 6.48 Å². The smallest absolute Gasteiger partial charge is 0.101 e. The summed E-state index contributed by atoms with van der Waals surface area (Å²) in [5.41, 5.74) is 0. The van der Waals surface area contributed by atoms with Crippen LogP contribution < -0.4 is 0 Å². The van der Waals surface area contributed by atoms with E-state index in [1.54, 1.807) is 0 Å². The molecule has 1 unspecified atom stereocenters. The molecular formula is C37H74N2. The van der Waals surface area contributed by atoms with E-state index in [9.17, 15) is 0 Å². The molecule has 0 radical (unpaired) electrons. The first-order valence-electron chi connectivity index (χ1n) is 18.5. The van der Waals surface area contributed by atoms with Gasteiger partial charge in [0, 0.05) is 25.5 Å². The maximum atomic E-state index is 2.69. The van der Waals surface area contributed by atoms with Gasteiger partial charge in [0.15, 0.2) is 0 Å². The highest BCUT2D eigenvalue weighted by molar-refractivity contribution is 4.97. The number of hydrogen-bond donors (Lipinski definition) is 0. The van der Waals surface area contributed by atoms with Crippen molar-refractivity contribution in [1.82, 2.24) is 9.80 Å². The monoisotopic (exact) mass is 547 g/mol. The van der Waals surface area contributed by atoms with Crippen molar-refractivity contribution in [1.29, 1.82) is 0 Å². The van der Waals surface area contributed by atoms with E-state index >= 15 is 0 Å². The van der Waals surface area contributed by atoms with Gasteiger partial charge in [-0.25, -0.2) is 0 Å². The van der Waals surface area contributed by atoms with Crippen LogP contribution in [0.1, 0.15) is 207 Å². The van der Waals surface area contributed by atoms with Gasteiger partial charge in [-0.05, 0) is 25.7 Å². The van der Waals surface area contributed by atoms with Gasteiger partial charge in [0.2, 0.25) is 0 Å². The fourth-order valence-corrected chi connectivity index (χ4v) is 6.36. The molecule has 0 aromatic rings. The lowest BCUT2D eigenvalue weighted by atomic mass is 10.0. The Morgan fingerprint density at radius 3 is 0.897 bits per heavy atom. The van der Waals surface area contributed by atoms with Crippen molar-refractivity contribution in [3.63, 3.8) is 0 Å². The lowest BCUT2D eigenvalue weighted by molar-refractivity contribution is 0.135. The SMILES string of the molecule is CCCCCCCCCCCCCCCCN1C=CN(CCCCCCCCCCCCC)C1CCCCC. The Bertz CT molecular complexity index is 502. The molecule has 2 heteroatoms. The maximum Gasteiger partial charge on any atom is 0.101 e. The Morgan fingerprint density at radius 1 is 0.333 bits per heavy atom. The number of nitrogens with zero attached hydrogens (tertiary/aromatic N) is 2. The molecule has 0 bridgehead atoms. The van der Waals surface area contributed by atoms with Crippen molar-refractivity contribution >= 4 is 0 Å². The fraction of sp³-hybridized carbons (Fsp3) is 0.946. The molecule has 0 aromatic heterocycles. The minimum absolute atomic E-state index is 0.640. The van der Waals surface area contributed by atoms with Gasteiger partial charge in [0.25, 0.3) is 0 Å². The van der Waals surface area contributed by atoms with Gasteiger partial charge < -0.3 is 9.80 Å². The van der Waals surface area contributed by atoms with Gasteiger partial charge in [-0.1, -0.05) is 181 Å². The average Bonchev–Trinajstić information content (AvgIpc) is 3.33. The van der Waals surface area contributed by atoms with E-state index in [-0.39, 0.29) is 0 Å². The lowest BCUT2D eigenvalue weighted by Gasteiger charge is -2.33. The molecular weight excluding hydrogens is 472 g/mol. The van der Waals surface area contributed by atoms with Crippen LogP contribution in [0, 0.1) is 0 Å². The van der Waals surface area contributed by atoms with Gasteiger partial charge in [-0.2, -0.15) is 0 Å². The Morgan fingerprint density at radius 2 is 0.590 bits per heavy atom. The lowest BCUT2D eigenvalue weighted by Crippen LogP contribution is -2.39. The van der Waals surface area contributed by atoms with E-state index in [1.165, 1.54) is 199 Å². The van der Waals surface area contributed by atoms with Crippen LogP contribution in [0.2, 0.25) is 0 Å². The second kappa shape index (κ2) is 28.9. The molecule has 0 amide bonds. The maximum absolute atomic E-state index is 2.69. The van der Waals surface area contributed by atoms with Crippen LogP contribution in [0.15, 0.2) is 12.4 Å². The molecule has 0 saturated heterocycles. The number of unbranched alkanes of at least 4 members (excludes halogenated alkanes) is 25. The third kappa shape index (κ3) is 21.7. The van der Waals surface area contributed by atoms with Gasteiger partial charge in [0.1, 0.15) is 6.17 Å². The summed E-state index contributed by atoms with van der Waals surface area (Å²) < 4.78 is 0. The Labute approximate surface area is 248 Å². The van der Waals surface area contributed by atoms with Gasteiger partial charge in [-0.3, -0.25) is 0 Å². The summed E-state index contributed by atoms with van der Waals surface area (Å²) in [6.45, 7) is 9.48. The number of rotatable bonds is 31. The largest absolute Gasteiger partial charge is 0.356 e. The quantitative estimate of drug-likeness (QED) is 0.0798. The standard InChI is InChI=1S/C37H74N2/c1-4-7-10-12-14-16-18-19-20-22-24-26-28-31-34-39-36-35-38(37(39)32-29-9-6-3)33-30-27-25-23-21-17-15-13-11-8-5-2/h35-37H,4-34H2,1-3H3. The molecule has 1 heterocycles. The fourth-order valence-electron chi connectivity index (χ4n) is 6.36. The van der Waals surface area contributed by atoms with E-state index in [1.807, 2.05) is 0 Å². The van der Waals surface area contributed by atoms with E-state index in [0.29, 0.717) is 6.17 Å². The zero-order valence-corrected chi connectivity index (χ0v) is 27.5. The first-order valence-corrected chi connectivity index (χ1v) is 18.5. The third-order valence-electron chi connectivity index (χ3n) is 9.07. The molecule has 232 valence electrons. The first kappa shape index (κ1) is 36.4. The van der Waals surface area contributed by atoms with Crippen LogP contribution >= 0.6 is 0 Å². The van der Waals surface area contributed by atoms with E-state index in [4.69, 9.17) is 0 Å². The number of hydrogen-bond acceptors (Lipinski definition) is 2. The molecule has 2 nitrogen and oxygen atoms in total. The Kier molecular flexibility index (Phi) is 26.9. The molecule has 1 atom stereocenters. The van der Waals surface area contributed by atoms with E-state index in [0.717, 1.165) is 0 Å². The molecule has 0 N–H and O–H groups in total. The zero-order valence-electron chi connectivity index (χ0n) is 27.5. The zero-order chi connectivity index (χ0) is 28.1. The molecule has 0 aliphatic carbocycles.